The third-order valence-corrected chi connectivity index (χ3v) is 6.58. The van der Waals surface area contributed by atoms with Gasteiger partial charge in [-0.05, 0) is 61.1 Å². The Morgan fingerprint density at radius 2 is 1.91 bits per heavy atom. The topological polar surface area (TPSA) is 46.3 Å². The van der Waals surface area contributed by atoms with Gasteiger partial charge in [-0.3, -0.25) is 4.40 Å². The number of rotatable bonds is 4. The zero-order valence-electron chi connectivity index (χ0n) is 18.3. The van der Waals surface area contributed by atoms with Gasteiger partial charge in [-0.1, -0.05) is 26.0 Å². The molecule has 5 nitrogen and oxygen atoms in total. The maximum absolute atomic E-state index is 14.2. The summed E-state index contributed by atoms with van der Waals surface area (Å²) in [7, 11) is 0. The molecular weight excluding hydrogens is 434 g/mol. The zero-order valence-corrected chi connectivity index (χ0v) is 18.3. The van der Waals surface area contributed by atoms with Gasteiger partial charge in [0.25, 0.3) is 5.78 Å². The van der Waals surface area contributed by atoms with Crippen LogP contribution in [0, 0.1) is 11.2 Å². The zero-order chi connectivity index (χ0) is 23.4. The molecule has 0 radical (unpaired) electrons. The molecular formula is C24H23F4N5. The van der Waals surface area contributed by atoms with Crippen molar-refractivity contribution in [2.75, 3.05) is 11.4 Å². The van der Waals surface area contributed by atoms with Gasteiger partial charge in [0.15, 0.2) is 0 Å². The average Bonchev–Trinajstić information content (AvgIpc) is 3.24. The lowest BCUT2D eigenvalue weighted by Gasteiger charge is -2.33. The highest BCUT2D eigenvalue weighted by Crippen LogP contribution is 2.43. The Morgan fingerprint density at radius 1 is 1.09 bits per heavy atom. The van der Waals surface area contributed by atoms with Crippen LogP contribution in [0.3, 0.4) is 0 Å². The second-order valence-corrected chi connectivity index (χ2v) is 9.15. The van der Waals surface area contributed by atoms with E-state index in [2.05, 4.69) is 15.2 Å². The lowest BCUT2D eigenvalue weighted by atomic mass is 9.83. The van der Waals surface area contributed by atoms with Crippen LogP contribution in [-0.4, -0.2) is 32.3 Å². The number of alkyl halides is 3. The molecule has 0 N–H and O–H groups in total. The van der Waals surface area contributed by atoms with E-state index in [1.165, 1.54) is 32.3 Å². The van der Waals surface area contributed by atoms with E-state index < -0.39 is 11.6 Å². The predicted octanol–water partition coefficient (Wildman–Crippen LogP) is 6.02. The number of halogens is 4. The van der Waals surface area contributed by atoms with Gasteiger partial charge in [0.05, 0.1) is 10.9 Å². The number of anilines is 2. The van der Waals surface area contributed by atoms with Crippen LogP contribution < -0.4 is 4.90 Å². The molecule has 172 valence electrons. The van der Waals surface area contributed by atoms with Crippen molar-refractivity contribution >= 4 is 28.2 Å². The van der Waals surface area contributed by atoms with Crippen LogP contribution >= 0.6 is 0 Å². The average molecular weight is 457 g/mol. The molecule has 33 heavy (non-hydrogen) atoms. The number of aromatic nitrogens is 4. The van der Waals surface area contributed by atoms with E-state index in [1.54, 1.807) is 10.5 Å². The maximum Gasteiger partial charge on any atom is 0.393 e. The molecule has 9 heteroatoms. The van der Waals surface area contributed by atoms with E-state index in [0.29, 0.717) is 29.9 Å². The Kier molecular flexibility index (Phi) is 5.02. The van der Waals surface area contributed by atoms with Crippen molar-refractivity contribution in [3.63, 3.8) is 0 Å². The quantitative estimate of drug-likeness (QED) is 0.352. The van der Waals surface area contributed by atoms with Crippen molar-refractivity contribution < 1.29 is 17.6 Å². The molecule has 4 aromatic rings. The van der Waals surface area contributed by atoms with Gasteiger partial charge in [-0.15, -0.1) is 10.2 Å². The Labute approximate surface area is 188 Å². The number of hydrogen-bond donors (Lipinski definition) is 0. The fourth-order valence-corrected chi connectivity index (χ4v) is 4.47. The van der Waals surface area contributed by atoms with Gasteiger partial charge in [0, 0.05) is 17.6 Å². The molecule has 0 saturated carbocycles. The number of aryl methyl sites for hydroxylation is 1. The van der Waals surface area contributed by atoms with E-state index in [4.69, 9.17) is 0 Å². The number of nitrogens with zero attached hydrogens (tertiary/aromatic N) is 5. The monoisotopic (exact) mass is 457 g/mol. The standard InChI is InChI=1S/C24H23F4N5/c1-23(2,24(26,27)28)11-10-15-5-3-7-19-17(15)6-4-12-32(19)21-18-13-16(25)8-9-20(18)33-14-29-31-22(33)30-21/h3,5,7-9,13-14H,4,6,10-12H2,1-2H3. The minimum absolute atomic E-state index is 0.00501. The fourth-order valence-electron chi connectivity index (χ4n) is 4.47. The molecule has 2 aromatic carbocycles. The summed E-state index contributed by atoms with van der Waals surface area (Å²) in [4.78, 5) is 6.70. The molecule has 0 fully saturated rings. The maximum atomic E-state index is 14.2. The Bertz CT molecular complexity index is 1340. The summed E-state index contributed by atoms with van der Waals surface area (Å²) in [6, 6.07) is 10.2. The molecule has 0 spiro atoms. The van der Waals surface area contributed by atoms with E-state index in [0.717, 1.165) is 35.2 Å². The first-order valence-corrected chi connectivity index (χ1v) is 10.9. The molecule has 0 unspecified atom stereocenters. The van der Waals surface area contributed by atoms with Crippen LogP contribution in [0.1, 0.15) is 37.8 Å². The summed E-state index contributed by atoms with van der Waals surface area (Å²) >= 11 is 0. The van der Waals surface area contributed by atoms with Crippen LogP contribution in [0.5, 0.6) is 0 Å². The van der Waals surface area contributed by atoms with Gasteiger partial charge >= 0.3 is 6.18 Å². The molecule has 0 aliphatic carbocycles. The van der Waals surface area contributed by atoms with Gasteiger partial charge in [0.1, 0.15) is 18.0 Å². The first-order valence-electron chi connectivity index (χ1n) is 10.9. The summed E-state index contributed by atoms with van der Waals surface area (Å²) in [5.41, 5.74) is 1.79. The molecule has 0 atom stereocenters. The Balaban J connectivity index is 1.59. The lowest BCUT2D eigenvalue weighted by molar-refractivity contribution is -0.213. The largest absolute Gasteiger partial charge is 0.393 e. The number of fused-ring (bicyclic) bond motifs is 4. The van der Waals surface area contributed by atoms with Crippen LogP contribution in [0.2, 0.25) is 0 Å². The molecule has 2 aromatic heterocycles. The van der Waals surface area contributed by atoms with Crippen molar-refractivity contribution in [2.45, 2.75) is 45.7 Å². The first-order chi connectivity index (χ1) is 15.7. The molecule has 1 aliphatic heterocycles. The first kappa shape index (κ1) is 21.6. The van der Waals surface area contributed by atoms with E-state index in [9.17, 15) is 17.6 Å². The summed E-state index contributed by atoms with van der Waals surface area (Å²) in [5.74, 6) is 0.594. The summed E-state index contributed by atoms with van der Waals surface area (Å²) in [6.07, 6.45) is -0.803. The second kappa shape index (κ2) is 7.67. The van der Waals surface area contributed by atoms with Gasteiger partial charge in [-0.25, -0.2) is 4.39 Å². The molecule has 0 saturated heterocycles. The van der Waals surface area contributed by atoms with Gasteiger partial charge in [-0.2, -0.15) is 18.2 Å². The molecule has 0 amide bonds. The molecule has 1 aliphatic rings. The normalized spacial score (nSPS) is 14.8. The highest BCUT2D eigenvalue weighted by Gasteiger charge is 2.46. The van der Waals surface area contributed by atoms with Crippen LogP contribution in [0.4, 0.5) is 29.1 Å². The molecule has 5 rings (SSSR count). The third-order valence-electron chi connectivity index (χ3n) is 6.58. The highest BCUT2D eigenvalue weighted by atomic mass is 19.4. The number of hydrogen-bond acceptors (Lipinski definition) is 4. The van der Waals surface area contributed by atoms with Gasteiger partial charge < -0.3 is 4.90 Å². The van der Waals surface area contributed by atoms with Crippen LogP contribution in [0.15, 0.2) is 42.7 Å². The molecule has 0 bridgehead atoms. The predicted molar refractivity (Wildman–Crippen MR) is 118 cm³/mol. The van der Waals surface area contributed by atoms with Crippen LogP contribution in [0.25, 0.3) is 16.7 Å². The van der Waals surface area contributed by atoms with Crippen molar-refractivity contribution in [1.82, 2.24) is 19.6 Å². The van der Waals surface area contributed by atoms with Crippen molar-refractivity contribution in [3.8, 4) is 0 Å². The van der Waals surface area contributed by atoms with Crippen molar-refractivity contribution in [2.24, 2.45) is 5.41 Å². The third kappa shape index (κ3) is 3.69. The van der Waals surface area contributed by atoms with Crippen molar-refractivity contribution in [3.05, 3.63) is 59.7 Å². The minimum Gasteiger partial charge on any atom is -0.325 e. The number of benzene rings is 2. The Hall–Kier alpha value is -3.23. The van der Waals surface area contributed by atoms with Crippen LogP contribution in [-0.2, 0) is 12.8 Å². The second-order valence-electron chi connectivity index (χ2n) is 9.15. The summed E-state index contributed by atoms with van der Waals surface area (Å²) < 4.78 is 56.0. The SMILES string of the molecule is CC(C)(CCc1cccc2c1CCCN2c1nc2nncn2c2ccc(F)cc12)C(F)(F)F. The molecule has 3 heterocycles. The van der Waals surface area contributed by atoms with E-state index in [1.807, 2.05) is 23.1 Å². The smallest absolute Gasteiger partial charge is 0.325 e. The highest BCUT2D eigenvalue weighted by molar-refractivity contribution is 5.94. The van der Waals surface area contributed by atoms with E-state index in [-0.39, 0.29) is 12.2 Å². The van der Waals surface area contributed by atoms with Gasteiger partial charge in [0.2, 0.25) is 0 Å². The van der Waals surface area contributed by atoms with E-state index >= 15 is 0 Å². The minimum atomic E-state index is -4.26. The summed E-state index contributed by atoms with van der Waals surface area (Å²) in [6.45, 7) is 3.15. The summed E-state index contributed by atoms with van der Waals surface area (Å²) in [5, 5.41) is 8.63. The lowest BCUT2D eigenvalue weighted by Crippen LogP contribution is -2.32. The fraction of sp³-hybridized carbons (Fsp3) is 0.375. The Morgan fingerprint density at radius 3 is 2.70 bits per heavy atom. The van der Waals surface area contributed by atoms with Crippen molar-refractivity contribution in [1.29, 1.82) is 0 Å².